The molecule has 1 unspecified atom stereocenters. The third-order valence-corrected chi connectivity index (χ3v) is 4.77. The summed E-state index contributed by atoms with van der Waals surface area (Å²) in [7, 11) is 1.67. The van der Waals surface area contributed by atoms with Crippen LogP contribution in [0.1, 0.15) is 29.5 Å². The van der Waals surface area contributed by atoms with Crippen LogP contribution in [0, 0.1) is 0 Å². The zero-order valence-corrected chi connectivity index (χ0v) is 11.9. The van der Waals surface area contributed by atoms with E-state index >= 15 is 0 Å². The first-order valence-electron chi connectivity index (χ1n) is 6.62. The number of methoxy groups -OCH3 is 1. The van der Waals surface area contributed by atoms with E-state index in [2.05, 4.69) is 22.9 Å². The Balaban J connectivity index is 1.82. The maximum absolute atomic E-state index is 10.9. The quantitative estimate of drug-likeness (QED) is 0.924. The average molecular weight is 274 g/mol. The van der Waals surface area contributed by atoms with E-state index in [1.165, 1.54) is 11.1 Å². The van der Waals surface area contributed by atoms with E-state index in [-0.39, 0.29) is 0 Å². The van der Waals surface area contributed by atoms with Gasteiger partial charge in [-0.1, -0.05) is 6.07 Å². The Labute approximate surface area is 117 Å². The fourth-order valence-corrected chi connectivity index (χ4v) is 3.56. The average Bonchev–Trinajstić information content (AvgIpc) is 3.05. The molecule has 3 heteroatoms. The van der Waals surface area contributed by atoms with Crippen LogP contribution in [0.2, 0.25) is 0 Å². The highest BCUT2D eigenvalue weighted by Crippen LogP contribution is 2.41. The predicted molar refractivity (Wildman–Crippen MR) is 77.9 cm³/mol. The SMILES string of the molecule is COc1ccc2c(c1)C(O)(CCc1ccsc1)CC2. The molecule has 1 heterocycles. The molecule has 0 fully saturated rings. The number of hydrogen-bond acceptors (Lipinski definition) is 3. The molecular formula is C16H18O2S. The summed E-state index contributed by atoms with van der Waals surface area (Å²) in [6.07, 6.45) is 3.49. The molecule has 0 spiro atoms. The van der Waals surface area contributed by atoms with Crippen molar-refractivity contribution in [3.05, 3.63) is 51.7 Å². The van der Waals surface area contributed by atoms with Gasteiger partial charge in [0.25, 0.3) is 0 Å². The van der Waals surface area contributed by atoms with Gasteiger partial charge in [0.1, 0.15) is 5.75 Å². The number of hydrogen-bond donors (Lipinski definition) is 1. The number of thiophene rings is 1. The van der Waals surface area contributed by atoms with E-state index < -0.39 is 5.60 Å². The van der Waals surface area contributed by atoms with Gasteiger partial charge in [0.2, 0.25) is 0 Å². The Hall–Kier alpha value is -1.32. The van der Waals surface area contributed by atoms with Crippen molar-refractivity contribution in [2.24, 2.45) is 0 Å². The van der Waals surface area contributed by atoms with Crippen LogP contribution < -0.4 is 4.74 Å². The molecule has 1 aliphatic carbocycles. The maximum atomic E-state index is 10.9. The second-order valence-corrected chi connectivity index (χ2v) is 5.97. The lowest BCUT2D eigenvalue weighted by Crippen LogP contribution is -2.23. The van der Waals surface area contributed by atoms with Crippen LogP contribution in [-0.4, -0.2) is 12.2 Å². The summed E-state index contributed by atoms with van der Waals surface area (Å²) in [5.74, 6) is 0.828. The van der Waals surface area contributed by atoms with Crippen LogP contribution in [-0.2, 0) is 18.4 Å². The van der Waals surface area contributed by atoms with Crippen LogP contribution in [0.4, 0.5) is 0 Å². The van der Waals surface area contributed by atoms with Gasteiger partial charge in [0.15, 0.2) is 0 Å². The van der Waals surface area contributed by atoms with Crippen LogP contribution >= 0.6 is 11.3 Å². The van der Waals surface area contributed by atoms with Gasteiger partial charge in [-0.15, -0.1) is 0 Å². The van der Waals surface area contributed by atoms with Gasteiger partial charge < -0.3 is 9.84 Å². The summed E-state index contributed by atoms with van der Waals surface area (Å²) >= 11 is 1.71. The van der Waals surface area contributed by atoms with Crippen molar-refractivity contribution in [1.29, 1.82) is 0 Å². The second kappa shape index (κ2) is 4.99. The number of fused-ring (bicyclic) bond motifs is 1. The number of rotatable bonds is 4. The topological polar surface area (TPSA) is 29.5 Å². The molecule has 1 aromatic heterocycles. The summed E-state index contributed by atoms with van der Waals surface area (Å²) in [6.45, 7) is 0. The van der Waals surface area contributed by atoms with Crippen molar-refractivity contribution in [3.63, 3.8) is 0 Å². The Morgan fingerprint density at radius 1 is 1.37 bits per heavy atom. The number of benzene rings is 1. The molecule has 2 nitrogen and oxygen atoms in total. The van der Waals surface area contributed by atoms with Gasteiger partial charge in [0.05, 0.1) is 12.7 Å². The lowest BCUT2D eigenvalue weighted by Gasteiger charge is -2.24. The minimum absolute atomic E-state index is 0.689. The highest BCUT2D eigenvalue weighted by Gasteiger charge is 2.36. The maximum Gasteiger partial charge on any atom is 0.119 e. The van der Waals surface area contributed by atoms with Crippen LogP contribution in [0.25, 0.3) is 0 Å². The molecule has 3 rings (SSSR count). The van der Waals surface area contributed by atoms with Crippen molar-refractivity contribution in [1.82, 2.24) is 0 Å². The first-order chi connectivity index (χ1) is 9.21. The smallest absolute Gasteiger partial charge is 0.119 e. The monoisotopic (exact) mass is 274 g/mol. The number of ether oxygens (including phenoxy) is 1. The van der Waals surface area contributed by atoms with Gasteiger partial charge in [-0.3, -0.25) is 0 Å². The molecule has 0 bridgehead atoms. The minimum atomic E-state index is -0.689. The molecule has 1 aliphatic rings. The molecule has 0 saturated carbocycles. The van der Waals surface area contributed by atoms with Crippen LogP contribution in [0.3, 0.4) is 0 Å². The molecule has 1 aromatic carbocycles. The highest BCUT2D eigenvalue weighted by molar-refractivity contribution is 7.07. The molecule has 1 atom stereocenters. The molecule has 19 heavy (non-hydrogen) atoms. The summed E-state index contributed by atoms with van der Waals surface area (Å²) in [6, 6.07) is 8.19. The first kappa shape index (κ1) is 12.7. The molecular weight excluding hydrogens is 256 g/mol. The van der Waals surface area contributed by atoms with Crippen molar-refractivity contribution in [2.75, 3.05) is 7.11 Å². The number of aryl methyl sites for hydroxylation is 2. The zero-order chi connectivity index (χ0) is 13.3. The third kappa shape index (κ3) is 2.40. The first-order valence-corrected chi connectivity index (χ1v) is 7.56. The van der Waals surface area contributed by atoms with Crippen molar-refractivity contribution in [3.8, 4) is 5.75 Å². The van der Waals surface area contributed by atoms with E-state index in [1.807, 2.05) is 12.1 Å². The van der Waals surface area contributed by atoms with E-state index in [4.69, 9.17) is 4.74 Å². The van der Waals surface area contributed by atoms with Crippen molar-refractivity contribution in [2.45, 2.75) is 31.3 Å². The van der Waals surface area contributed by atoms with Crippen LogP contribution in [0.5, 0.6) is 5.75 Å². The van der Waals surface area contributed by atoms with Gasteiger partial charge >= 0.3 is 0 Å². The lowest BCUT2D eigenvalue weighted by molar-refractivity contribution is 0.0296. The summed E-state index contributed by atoms with van der Waals surface area (Å²) < 4.78 is 5.27. The molecule has 0 radical (unpaired) electrons. The highest BCUT2D eigenvalue weighted by atomic mass is 32.1. The number of aliphatic hydroxyl groups is 1. The Kier molecular flexibility index (Phi) is 3.33. The molecule has 2 aromatic rings. The molecule has 0 saturated heterocycles. The van der Waals surface area contributed by atoms with Gasteiger partial charge in [-0.2, -0.15) is 11.3 Å². The predicted octanol–water partition coefficient (Wildman–Crippen LogP) is 3.52. The lowest BCUT2D eigenvalue weighted by atomic mass is 9.89. The Morgan fingerprint density at radius 3 is 3.00 bits per heavy atom. The van der Waals surface area contributed by atoms with Gasteiger partial charge in [0, 0.05) is 0 Å². The van der Waals surface area contributed by atoms with Gasteiger partial charge in [-0.05, 0) is 71.3 Å². The second-order valence-electron chi connectivity index (χ2n) is 5.19. The van der Waals surface area contributed by atoms with Crippen molar-refractivity contribution >= 4 is 11.3 Å². The minimum Gasteiger partial charge on any atom is -0.497 e. The largest absolute Gasteiger partial charge is 0.497 e. The Morgan fingerprint density at radius 2 is 2.26 bits per heavy atom. The van der Waals surface area contributed by atoms with E-state index in [0.717, 1.165) is 37.0 Å². The summed E-state index contributed by atoms with van der Waals surface area (Å²) in [5.41, 5.74) is 2.94. The standard InChI is InChI=1S/C16H18O2S/c1-18-14-3-2-13-5-8-16(17,15(13)10-14)7-4-12-6-9-19-11-12/h2-3,6,9-11,17H,4-5,7-8H2,1H3. The molecule has 0 amide bonds. The normalized spacial score (nSPS) is 21.4. The third-order valence-electron chi connectivity index (χ3n) is 4.03. The summed E-state index contributed by atoms with van der Waals surface area (Å²) in [4.78, 5) is 0. The van der Waals surface area contributed by atoms with E-state index in [0.29, 0.717) is 0 Å². The summed E-state index contributed by atoms with van der Waals surface area (Å²) in [5, 5.41) is 15.2. The fraction of sp³-hybridized carbons (Fsp3) is 0.375. The van der Waals surface area contributed by atoms with Gasteiger partial charge in [-0.25, -0.2) is 0 Å². The molecule has 1 N–H and O–H groups in total. The zero-order valence-electron chi connectivity index (χ0n) is 11.1. The molecule has 100 valence electrons. The van der Waals surface area contributed by atoms with E-state index in [9.17, 15) is 5.11 Å². The van der Waals surface area contributed by atoms with Crippen LogP contribution in [0.15, 0.2) is 35.0 Å². The fourth-order valence-electron chi connectivity index (χ4n) is 2.86. The van der Waals surface area contributed by atoms with E-state index in [1.54, 1.807) is 18.4 Å². The van der Waals surface area contributed by atoms with Crippen molar-refractivity contribution < 1.29 is 9.84 Å². The molecule has 0 aliphatic heterocycles. The Bertz CT molecular complexity index is 562.